The van der Waals surface area contributed by atoms with Crippen LogP contribution in [-0.4, -0.2) is 36.6 Å². The minimum atomic E-state index is -3.51. The van der Waals surface area contributed by atoms with Crippen molar-refractivity contribution in [2.75, 3.05) is 18.1 Å². The molecule has 0 atom stereocenters. The van der Waals surface area contributed by atoms with E-state index in [1.54, 1.807) is 13.0 Å². The lowest BCUT2D eigenvalue weighted by Gasteiger charge is -2.19. The number of nitrogens with one attached hydrogen (secondary N) is 1. The van der Waals surface area contributed by atoms with Gasteiger partial charge in [-0.05, 0) is 24.6 Å². The van der Waals surface area contributed by atoms with Crippen LogP contribution in [0, 0.1) is 12.7 Å². The van der Waals surface area contributed by atoms with Gasteiger partial charge in [-0.1, -0.05) is 17.3 Å². The van der Waals surface area contributed by atoms with Gasteiger partial charge in [0.25, 0.3) is 0 Å². The van der Waals surface area contributed by atoms with Gasteiger partial charge in [-0.3, -0.25) is 4.79 Å². The molecule has 2 aromatic rings. The Kier molecular flexibility index (Phi) is 5.68. The predicted molar refractivity (Wildman–Crippen MR) is 86.1 cm³/mol. The third-order valence-corrected chi connectivity index (χ3v) is 4.47. The van der Waals surface area contributed by atoms with Crippen LogP contribution in [0.2, 0.25) is 0 Å². The lowest BCUT2D eigenvalue weighted by Crippen LogP contribution is -2.32. The Balaban J connectivity index is 1.96. The lowest BCUT2D eigenvalue weighted by atomic mass is 10.2. The third kappa shape index (κ3) is 5.43. The van der Waals surface area contributed by atoms with E-state index in [0.29, 0.717) is 11.3 Å². The molecule has 7 nitrogen and oxygen atoms in total. The third-order valence-electron chi connectivity index (χ3n) is 3.22. The molecule has 0 aliphatic rings. The van der Waals surface area contributed by atoms with E-state index in [1.807, 2.05) is 0 Å². The van der Waals surface area contributed by atoms with E-state index in [-0.39, 0.29) is 31.2 Å². The van der Waals surface area contributed by atoms with Gasteiger partial charge >= 0.3 is 0 Å². The molecule has 1 N–H and O–H groups in total. The molecule has 0 spiro atoms. The Morgan fingerprint density at radius 3 is 2.54 bits per heavy atom. The second kappa shape index (κ2) is 7.54. The van der Waals surface area contributed by atoms with Gasteiger partial charge in [0.1, 0.15) is 11.6 Å². The fraction of sp³-hybridized carbons (Fsp3) is 0.333. The van der Waals surface area contributed by atoms with Crippen LogP contribution in [0.25, 0.3) is 0 Å². The van der Waals surface area contributed by atoms with Crippen molar-refractivity contribution < 1.29 is 22.1 Å². The van der Waals surface area contributed by atoms with Gasteiger partial charge in [0.2, 0.25) is 15.9 Å². The zero-order valence-corrected chi connectivity index (χ0v) is 14.1. The van der Waals surface area contributed by atoms with Crippen LogP contribution in [-0.2, 0) is 21.4 Å². The second-order valence-electron chi connectivity index (χ2n) is 5.34. The molecule has 0 bridgehead atoms. The van der Waals surface area contributed by atoms with E-state index < -0.39 is 15.8 Å². The van der Waals surface area contributed by atoms with Gasteiger partial charge in [-0.15, -0.1) is 0 Å². The fourth-order valence-electron chi connectivity index (χ4n) is 2.01. The Hall–Kier alpha value is -2.26. The molecule has 9 heteroatoms. The van der Waals surface area contributed by atoms with Crippen LogP contribution < -0.4 is 5.32 Å². The first-order valence-corrected chi connectivity index (χ1v) is 9.01. The number of rotatable bonds is 7. The molecular formula is C15H18FN3O4S. The summed E-state index contributed by atoms with van der Waals surface area (Å²) in [5.41, 5.74) is 0.634. The molecule has 1 aromatic carbocycles. The number of anilines is 1. The van der Waals surface area contributed by atoms with Crippen molar-refractivity contribution in [2.24, 2.45) is 0 Å². The number of carbonyl (C=O) groups is 1. The highest BCUT2D eigenvalue weighted by Gasteiger charge is 2.18. The van der Waals surface area contributed by atoms with E-state index in [2.05, 4.69) is 10.5 Å². The number of halogens is 1. The number of sulfonamides is 1. The number of amides is 1. The number of aryl methyl sites for hydroxylation is 1. The molecule has 24 heavy (non-hydrogen) atoms. The summed E-state index contributed by atoms with van der Waals surface area (Å²) in [5.74, 6) is 0.0595. The summed E-state index contributed by atoms with van der Waals surface area (Å²) in [5, 5.41) is 6.16. The molecule has 0 saturated carbocycles. The first-order chi connectivity index (χ1) is 11.2. The number of benzene rings is 1. The molecule has 0 aliphatic heterocycles. The smallest absolute Gasteiger partial charge is 0.226 e. The average molecular weight is 355 g/mol. The van der Waals surface area contributed by atoms with Gasteiger partial charge in [-0.25, -0.2) is 12.8 Å². The van der Waals surface area contributed by atoms with Gasteiger partial charge in [0.15, 0.2) is 5.82 Å². The highest BCUT2D eigenvalue weighted by atomic mass is 32.2. The molecule has 2 rings (SSSR count). The van der Waals surface area contributed by atoms with Crippen molar-refractivity contribution in [2.45, 2.75) is 19.9 Å². The Morgan fingerprint density at radius 1 is 1.33 bits per heavy atom. The van der Waals surface area contributed by atoms with Crippen molar-refractivity contribution in [1.29, 1.82) is 0 Å². The van der Waals surface area contributed by atoms with Gasteiger partial charge in [-0.2, -0.15) is 4.31 Å². The summed E-state index contributed by atoms with van der Waals surface area (Å²) in [7, 11) is -3.51. The van der Waals surface area contributed by atoms with Crippen LogP contribution in [0.5, 0.6) is 0 Å². The van der Waals surface area contributed by atoms with Crippen molar-refractivity contribution in [3.63, 3.8) is 0 Å². The lowest BCUT2D eigenvalue weighted by molar-refractivity contribution is -0.116. The van der Waals surface area contributed by atoms with E-state index in [0.717, 1.165) is 10.6 Å². The predicted octanol–water partition coefficient (Wildman–Crippen LogP) is 1.91. The normalized spacial score (nSPS) is 11.7. The molecule has 130 valence electrons. The molecular weight excluding hydrogens is 337 g/mol. The highest BCUT2D eigenvalue weighted by Crippen LogP contribution is 2.11. The summed E-state index contributed by atoms with van der Waals surface area (Å²) in [4.78, 5) is 11.9. The molecule has 1 aromatic heterocycles. The van der Waals surface area contributed by atoms with Crippen LogP contribution in [0.1, 0.15) is 17.7 Å². The topological polar surface area (TPSA) is 92.5 Å². The minimum absolute atomic E-state index is 0.00111. The summed E-state index contributed by atoms with van der Waals surface area (Å²) in [6, 6.07) is 7.09. The molecule has 0 radical (unpaired) electrons. The maximum Gasteiger partial charge on any atom is 0.226 e. The summed E-state index contributed by atoms with van der Waals surface area (Å²) >= 11 is 0. The van der Waals surface area contributed by atoms with E-state index >= 15 is 0 Å². The first kappa shape index (κ1) is 18.1. The fourth-order valence-corrected chi connectivity index (χ4v) is 2.82. The van der Waals surface area contributed by atoms with Crippen molar-refractivity contribution in [1.82, 2.24) is 9.46 Å². The summed E-state index contributed by atoms with van der Waals surface area (Å²) < 4.78 is 42.7. The quantitative estimate of drug-likeness (QED) is 0.819. The summed E-state index contributed by atoms with van der Waals surface area (Å²) in [6.07, 6.45) is 1.02. The number of nitrogens with zero attached hydrogens (tertiary/aromatic N) is 2. The highest BCUT2D eigenvalue weighted by molar-refractivity contribution is 7.88. The number of aromatic nitrogens is 1. The Morgan fingerprint density at radius 2 is 2.00 bits per heavy atom. The zero-order chi connectivity index (χ0) is 17.7. The van der Waals surface area contributed by atoms with Gasteiger partial charge < -0.3 is 9.84 Å². The van der Waals surface area contributed by atoms with Crippen LogP contribution in [0.4, 0.5) is 10.2 Å². The van der Waals surface area contributed by atoms with E-state index in [1.165, 1.54) is 24.3 Å². The van der Waals surface area contributed by atoms with E-state index in [4.69, 9.17) is 4.52 Å². The monoisotopic (exact) mass is 355 g/mol. The molecule has 0 aliphatic carbocycles. The molecule has 0 saturated heterocycles. The Bertz CT molecular complexity index is 802. The van der Waals surface area contributed by atoms with Crippen molar-refractivity contribution in [3.05, 3.63) is 47.5 Å². The molecule has 1 amide bonds. The number of carbonyl (C=O) groups excluding carboxylic acids is 1. The molecule has 0 fully saturated rings. The van der Waals surface area contributed by atoms with Crippen LogP contribution >= 0.6 is 0 Å². The average Bonchev–Trinajstić information content (AvgIpc) is 2.89. The van der Waals surface area contributed by atoms with Crippen molar-refractivity contribution >= 4 is 21.7 Å². The number of hydrogen-bond acceptors (Lipinski definition) is 5. The van der Waals surface area contributed by atoms with Gasteiger partial charge in [0.05, 0.1) is 6.26 Å². The van der Waals surface area contributed by atoms with Crippen LogP contribution in [0.15, 0.2) is 34.9 Å². The molecule has 1 heterocycles. The molecule has 0 unspecified atom stereocenters. The van der Waals surface area contributed by atoms with E-state index in [9.17, 15) is 17.6 Å². The number of hydrogen-bond donors (Lipinski definition) is 1. The second-order valence-corrected chi connectivity index (χ2v) is 7.33. The summed E-state index contributed by atoms with van der Waals surface area (Å²) in [6.45, 7) is 1.76. The maximum atomic E-state index is 12.9. The van der Waals surface area contributed by atoms with Crippen LogP contribution in [0.3, 0.4) is 0 Å². The zero-order valence-electron chi connectivity index (χ0n) is 13.3. The SMILES string of the molecule is Cc1cc(NC(=O)CCN(Cc2ccc(F)cc2)S(C)(=O)=O)no1. The van der Waals surface area contributed by atoms with Crippen molar-refractivity contribution in [3.8, 4) is 0 Å². The largest absolute Gasteiger partial charge is 0.360 e. The Labute approximate surface area is 139 Å². The minimum Gasteiger partial charge on any atom is -0.360 e. The maximum absolute atomic E-state index is 12.9. The first-order valence-electron chi connectivity index (χ1n) is 7.17. The van der Waals surface area contributed by atoms with Gasteiger partial charge in [0, 0.05) is 25.6 Å². The standard InChI is InChI=1S/C15H18FN3O4S/c1-11-9-14(18-23-11)17-15(20)7-8-19(24(2,21)22)10-12-3-5-13(16)6-4-12/h3-6,9H,7-8,10H2,1-2H3,(H,17,18,20).